The fraction of sp³-hybridized carbons (Fsp3) is 0.143. The number of rotatable bonds is 5. The zero-order chi connectivity index (χ0) is 12.8. The van der Waals surface area contributed by atoms with Gasteiger partial charge in [0.15, 0.2) is 0 Å². The lowest BCUT2D eigenvalue weighted by Gasteiger charge is -2.09. The molecule has 18 heavy (non-hydrogen) atoms. The van der Waals surface area contributed by atoms with Crippen LogP contribution in [-0.2, 0) is 0 Å². The molecule has 0 bridgehead atoms. The second-order valence-corrected chi connectivity index (χ2v) is 4.57. The quantitative estimate of drug-likeness (QED) is 0.840. The van der Waals surface area contributed by atoms with E-state index in [0.717, 1.165) is 15.9 Å². The first-order chi connectivity index (χ1) is 8.75. The van der Waals surface area contributed by atoms with Crippen molar-refractivity contribution in [2.45, 2.75) is 0 Å². The first-order valence-corrected chi connectivity index (χ1v) is 6.42. The van der Waals surface area contributed by atoms with Gasteiger partial charge in [-0.3, -0.25) is 0 Å². The third kappa shape index (κ3) is 3.74. The van der Waals surface area contributed by atoms with Crippen LogP contribution in [0.1, 0.15) is 0 Å². The lowest BCUT2D eigenvalue weighted by Crippen LogP contribution is -2.11. The Hall–Kier alpha value is -1.55. The van der Waals surface area contributed by atoms with Gasteiger partial charge in [0, 0.05) is 12.2 Å². The number of hydrogen-bond acceptors (Lipinski definition) is 2. The van der Waals surface area contributed by atoms with E-state index in [1.807, 2.05) is 24.3 Å². The van der Waals surface area contributed by atoms with E-state index in [4.69, 9.17) is 4.74 Å². The van der Waals surface area contributed by atoms with Gasteiger partial charge in [-0.2, -0.15) is 0 Å². The molecule has 2 aromatic carbocycles. The molecule has 94 valence electrons. The lowest BCUT2D eigenvalue weighted by atomic mass is 10.3. The molecule has 0 saturated carbocycles. The van der Waals surface area contributed by atoms with Gasteiger partial charge in [0.05, 0.1) is 4.47 Å². The van der Waals surface area contributed by atoms with Crippen molar-refractivity contribution in [1.29, 1.82) is 0 Å². The Morgan fingerprint density at radius 2 is 1.78 bits per heavy atom. The van der Waals surface area contributed by atoms with Crippen LogP contribution in [0.4, 0.5) is 10.1 Å². The van der Waals surface area contributed by atoms with Crippen LogP contribution in [0.15, 0.2) is 53.0 Å². The number of ether oxygens (including phenoxy) is 1. The Morgan fingerprint density at radius 1 is 1.06 bits per heavy atom. The zero-order valence-electron chi connectivity index (χ0n) is 9.70. The molecule has 2 rings (SSSR count). The molecule has 0 radical (unpaired) electrons. The molecule has 0 amide bonds. The highest BCUT2D eigenvalue weighted by Crippen LogP contribution is 2.23. The molecule has 0 fully saturated rings. The van der Waals surface area contributed by atoms with Crippen LogP contribution in [-0.4, -0.2) is 13.2 Å². The van der Waals surface area contributed by atoms with Gasteiger partial charge in [0.25, 0.3) is 0 Å². The van der Waals surface area contributed by atoms with Gasteiger partial charge < -0.3 is 10.1 Å². The van der Waals surface area contributed by atoms with Gasteiger partial charge in [0.1, 0.15) is 18.2 Å². The minimum Gasteiger partial charge on any atom is -0.491 e. The summed E-state index contributed by atoms with van der Waals surface area (Å²) in [6.45, 7) is 1.20. The Balaban J connectivity index is 1.76. The van der Waals surface area contributed by atoms with E-state index in [-0.39, 0.29) is 5.82 Å². The number of para-hydroxylation sites is 1. The summed E-state index contributed by atoms with van der Waals surface area (Å²) in [5.41, 5.74) is 0.882. The average molecular weight is 310 g/mol. The van der Waals surface area contributed by atoms with Crippen molar-refractivity contribution in [2.75, 3.05) is 18.5 Å². The third-order valence-electron chi connectivity index (χ3n) is 2.37. The number of nitrogens with one attached hydrogen (secondary N) is 1. The van der Waals surface area contributed by atoms with Gasteiger partial charge in [0.2, 0.25) is 0 Å². The van der Waals surface area contributed by atoms with Crippen molar-refractivity contribution in [3.8, 4) is 5.75 Å². The van der Waals surface area contributed by atoms with Crippen LogP contribution in [0.25, 0.3) is 0 Å². The highest BCUT2D eigenvalue weighted by Gasteiger charge is 1.98. The molecule has 0 heterocycles. The van der Waals surface area contributed by atoms with Crippen LogP contribution < -0.4 is 10.1 Å². The largest absolute Gasteiger partial charge is 0.491 e. The van der Waals surface area contributed by atoms with Gasteiger partial charge >= 0.3 is 0 Å². The molecule has 1 N–H and O–H groups in total. The molecule has 2 aromatic rings. The van der Waals surface area contributed by atoms with E-state index in [1.165, 1.54) is 12.1 Å². The maximum atomic E-state index is 12.7. The summed E-state index contributed by atoms with van der Waals surface area (Å²) >= 11 is 3.41. The van der Waals surface area contributed by atoms with E-state index in [0.29, 0.717) is 13.2 Å². The maximum absolute atomic E-state index is 12.7. The van der Waals surface area contributed by atoms with Crippen LogP contribution in [0.2, 0.25) is 0 Å². The SMILES string of the molecule is Fc1ccc(NCCOc2ccccc2Br)cc1. The van der Waals surface area contributed by atoms with Gasteiger partial charge in [-0.1, -0.05) is 12.1 Å². The molecule has 4 heteroatoms. The summed E-state index contributed by atoms with van der Waals surface area (Å²) in [5.74, 6) is 0.587. The fourth-order valence-corrected chi connectivity index (χ4v) is 1.89. The van der Waals surface area contributed by atoms with Crippen molar-refractivity contribution >= 4 is 21.6 Å². The fourth-order valence-electron chi connectivity index (χ4n) is 1.49. The molecule has 0 aliphatic carbocycles. The smallest absolute Gasteiger partial charge is 0.133 e. The standard InChI is InChI=1S/C14H13BrFNO/c15-13-3-1-2-4-14(13)18-10-9-17-12-7-5-11(16)6-8-12/h1-8,17H,9-10H2. The number of halogens is 2. The monoisotopic (exact) mass is 309 g/mol. The molecular formula is C14H13BrFNO. The van der Waals surface area contributed by atoms with E-state index < -0.39 is 0 Å². The molecule has 0 atom stereocenters. The highest BCUT2D eigenvalue weighted by molar-refractivity contribution is 9.10. The lowest BCUT2D eigenvalue weighted by molar-refractivity contribution is 0.331. The normalized spacial score (nSPS) is 10.1. The van der Waals surface area contributed by atoms with Crippen molar-refractivity contribution in [2.24, 2.45) is 0 Å². The predicted octanol–water partition coefficient (Wildman–Crippen LogP) is 4.08. The van der Waals surface area contributed by atoms with E-state index in [2.05, 4.69) is 21.2 Å². The summed E-state index contributed by atoms with van der Waals surface area (Å²) in [6, 6.07) is 14.0. The van der Waals surface area contributed by atoms with Crippen LogP contribution >= 0.6 is 15.9 Å². The Labute approximate surface area is 114 Å². The van der Waals surface area contributed by atoms with Crippen LogP contribution in [0.5, 0.6) is 5.75 Å². The van der Waals surface area contributed by atoms with Crippen molar-refractivity contribution in [3.63, 3.8) is 0 Å². The van der Waals surface area contributed by atoms with E-state index >= 15 is 0 Å². The van der Waals surface area contributed by atoms with Crippen LogP contribution in [0, 0.1) is 5.82 Å². The molecular weight excluding hydrogens is 297 g/mol. The Kier molecular flexibility index (Phi) is 4.59. The Bertz CT molecular complexity index is 501. The topological polar surface area (TPSA) is 21.3 Å². The summed E-state index contributed by atoms with van der Waals surface area (Å²) < 4.78 is 19.2. The maximum Gasteiger partial charge on any atom is 0.133 e. The molecule has 2 nitrogen and oxygen atoms in total. The Morgan fingerprint density at radius 3 is 2.50 bits per heavy atom. The van der Waals surface area contributed by atoms with E-state index in [9.17, 15) is 4.39 Å². The van der Waals surface area contributed by atoms with Crippen molar-refractivity contribution in [1.82, 2.24) is 0 Å². The number of benzene rings is 2. The predicted molar refractivity (Wildman–Crippen MR) is 74.5 cm³/mol. The van der Waals surface area contributed by atoms with Gasteiger partial charge in [-0.05, 0) is 52.3 Å². The first-order valence-electron chi connectivity index (χ1n) is 5.62. The van der Waals surface area contributed by atoms with Crippen molar-refractivity contribution < 1.29 is 9.13 Å². The van der Waals surface area contributed by atoms with E-state index in [1.54, 1.807) is 12.1 Å². The summed E-state index contributed by atoms with van der Waals surface area (Å²) in [7, 11) is 0. The number of anilines is 1. The van der Waals surface area contributed by atoms with Gasteiger partial charge in [-0.15, -0.1) is 0 Å². The highest BCUT2D eigenvalue weighted by atomic mass is 79.9. The van der Waals surface area contributed by atoms with Gasteiger partial charge in [-0.25, -0.2) is 4.39 Å². The van der Waals surface area contributed by atoms with Crippen LogP contribution in [0.3, 0.4) is 0 Å². The summed E-state index contributed by atoms with van der Waals surface area (Å²) in [5, 5.41) is 3.15. The molecule has 0 aliphatic rings. The molecule has 0 aliphatic heterocycles. The molecule has 0 aromatic heterocycles. The summed E-state index contributed by atoms with van der Waals surface area (Å²) in [6.07, 6.45) is 0. The molecule has 0 spiro atoms. The minimum atomic E-state index is -0.231. The minimum absolute atomic E-state index is 0.231. The third-order valence-corrected chi connectivity index (χ3v) is 3.02. The zero-order valence-corrected chi connectivity index (χ0v) is 11.3. The van der Waals surface area contributed by atoms with Crippen molar-refractivity contribution in [3.05, 3.63) is 58.8 Å². The average Bonchev–Trinajstić information content (AvgIpc) is 2.39. The molecule has 0 saturated heterocycles. The molecule has 0 unspecified atom stereocenters. The summed E-state index contributed by atoms with van der Waals surface area (Å²) in [4.78, 5) is 0. The number of hydrogen-bond donors (Lipinski definition) is 1. The first kappa shape index (κ1) is 12.9. The second kappa shape index (κ2) is 6.40. The second-order valence-electron chi connectivity index (χ2n) is 3.71.